The van der Waals surface area contributed by atoms with Crippen LogP contribution in [0.3, 0.4) is 0 Å². The Hall–Kier alpha value is -0.540. The maximum absolute atomic E-state index is 12.5. The molecule has 1 aromatic carbocycles. The number of nitrogens with zero attached hydrogens (tertiary/aromatic N) is 1. The van der Waals surface area contributed by atoms with Gasteiger partial charge in [-0.2, -0.15) is 0 Å². The first kappa shape index (κ1) is 13.9. The smallest absolute Gasteiger partial charge is 0.254 e. The molecular formula is C14H17BrClNO. The average Bonchev–Trinajstić information content (AvgIpc) is 2.41. The predicted octanol–water partition coefficient (Wildman–Crippen LogP) is 3.85. The average molecular weight is 331 g/mol. The zero-order valence-corrected chi connectivity index (χ0v) is 12.8. The highest BCUT2D eigenvalue weighted by atomic mass is 79.9. The normalized spacial score (nSPS) is 19.9. The summed E-state index contributed by atoms with van der Waals surface area (Å²) >= 11 is 9.33. The van der Waals surface area contributed by atoms with E-state index in [1.807, 2.05) is 30.0 Å². The van der Waals surface area contributed by atoms with E-state index in [0.717, 1.165) is 41.5 Å². The number of aryl methyl sites for hydroxylation is 1. The van der Waals surface area contributed by atoms with Crippen molar-refractivity contribution in [2.24, 2.45) is 5.92 Å². The fourth-order valence-electron chi connectivity index (χ4n) is 2.37. The summed E-state index contributed by atoms with van der Waals surface area (Å²) in [6.45, 7) is 3.61. The number of carbonyl (C=O) groups excluding carboxylic acids is 1. The fourth-order valence-corrected chi connectivity index (χ4v) is 2.98. The van der Waals surface area contributed by atoms with Gasteiger partial charge in [0, 0.05) is 29.0 Å². The molecule has 2 rings (SSSR count). The van der Waals surface area contributed by atoms with Crippen LogP contribution in [0.2, 0.25) is 0 Å². The highest BCUT2D eigenvalue weighted by Crippen LogP contribution is 2.22. The monoisotopic (exact) mass is 329 g/mol. The van der Waals surface area contributed by atoms with Crippen molar-refractivity contribution in [3.05, 3.63) is 33.8 Å². The summed E-state index contributed by atoms with van der Waals surface area (Å²) in [5.74, 6) is 1.21. The quantitative estimate of drug-likeness (QED) is 0.754. The number of carbonyl (C=O) groups is 1. The second-order valence-corrected chi connectivity index (χ2v) is 6.10. The molecule has 1 unspecified atom stereocenters. The molecule has 0 aromatic heterocycles. The van der Waals surface area contributed by atoms with Crippen LogP contribution in [0.1, 0.15) is 28.8 Å². The lowest BCUT2D eigenvalue weighted by molar-refractivity contribution is 0.0684. The standard InChI is InChI=1S/C14H17BrClNO/c1-10-4-5-12(15)7-13(10)14(18)17-6-2-3-11(8-16)9-17/h4-5,7,11H,2-3,6,8-9H2,1H3. The summed E-state index contributed by atoms with van der Waals surface area (Å²) in [7, 11) is 0. The second-order valence-electron chi connectivity index (χ2n) is 4.87. The van der Waals surface area contributed by atoms with Gasteiger partial charge in [0.15, 0.2) is 0 Å². The Bertz CT molecular complexity index is 449. The first-order chi connectivity index (χ1) is 8.61. The lowest BCUT2D eigenvalue weighted by Crippen LogP contribution is -2.40. The van der Waals surface area contributed by atoms with Crippen molar-refractivity contribution in [3.8, 4) is 0 Å². The Labute approximate surface area is 121 Å². The third-order valence-electron chi connectivity index (χ3n) is 3.45. The molecule has 4 heteroatoms. The second kappa shape index (κ2) is 6.07. The topological polar surface area (TPSA) is 20.3 Å². The minimum atomic E-state index is 0.128. The van der Waals surface area contributed by atoms with Gasteiger partial charge in [-0.1, -0.05) is 22.0 Å². The van der Waals surface area contributed by atoms with Gasteiger partial charge in [0.2, 0.25) is 0 Å². The van der Waals surface area contributed by atoms with E-state index in [0.29, 0.717) is 11.8 Å². The summed E-state index contributed by atoms with van der Waals surface area (Å²) < 4.78 is 0.947. The number of halogens is 2. The molecule has 1 saturated heterocycles. The van der Waals surface area contributed by atoms with Crippen molar-refractivity contribution in [3.63, 3.8) is 0 Å². The summed E-state index contributed by atoms with van der Waals surface area (Å²) in [4.78, 5) is 14.4. The number of amides is 1. The Morgan fingerprint density at radius 1 is 1.56 bits per heavy atom. The van der Waals surface area contributed by atoms with E-state index < -0.39 is 0 Å². The molecule has 0 saturated carbocycles. The highest BCUT2D eigenvalue weighted by molar-refractivity contribution is 9.10. The van der Waals surface area contributed by atoms with E-state index in [4.69, 9.17) is 11.6 Å². The predicted molar refractivity (Wildman–Crippen MR) is 78.2 cm³/mol. The third kappa shape index (κ3) is 3.07. The van der Waals surface area contributed by atoms with Gasteiger partial charge in [0.05, 0.1) is 0 Å². The van der Waals surface area contributed by atoms with Crippen LogP contribution in [-0.2, 0) is 0 Å². The maximum atomic E-state index is 12.5. The molecule has 1 amide bonds. The van der Waals surface area contributed by atoms with E-state index in [-0.39, 0.29) is 5.91 Å². The maximum Gasteiger partial charge on any atom is 0.254 e. The zero-order chi connectivity index (χ0) is 13.1. The lowest BCUT2D eigenvalue weighted by Gasteiger charge is -2.32. The minimum absolute atomic E-state index is 0.128. The number of hydrogen-bond donors (Lipinski definition) is 0. The molecule has 98 valence electrons. The van der Waals surface area contributed by atoms with E-state index in [1.165, 1.54) is 0 Å². The van der Waals surface area contributed by atoms with Crippen molar-refractivity contribution >= 4 is 33.4 Å². The molecule has 0 N–H and O–H groups in total. The molecule has 1 atom stereocenters. The van der Waals surface area contributed by atoms with Gasteiger partial charge in [-0.15, -0.1) is 11.6 Å². The molecule has 0 radical (unpaired) electrons. The molecule has 2 nitrogen and oxygen atoms in total. The van der Waals surface area contributed by atoms with Gasteiger partial charge in [0.1, 0.15) is 0 Å². The largest absolute Gasteiger partial charge is 0.338 e. The van der Waals surface area contributed by atoms with E-state index >= 15 is 0 Å². The van der Waals surface area contributed by atoms with E-state index in [1.54, 1.807) is 0 Å². The summed E-state index contributed by atoms with van der Waals surface area (Å²) in [5, 5.41) is 0. The van der Waals surface area contributed by atoms with Crippen LogP contribution in [0.5, 0.6) is 0 Å². The Morgan fingerprint density at radius 2 is 2.33 bits per heavy atom. The first-order valence-electron chi connectivity index (χ1n) is 6.23. The van der Waals surface area contributed by atoms with Crippen LogP contribution in [0, 0.1) is 12.8 Å². The summed E-state index contributed by atoms with van der Waals surface area (Å²) in [5.41, 5.74) is 1.82. The van der Waals surface area contributed by atoms with Gasteiger partial charge in [0.25, 0.3) is 5.91 Å². The number of piperidine rings is 1. The number of benzene rings is 1. The molecule has 1 aromatic rings. The van der Waals surface area contributed by atoms with Crippen LogP contribution in [0.4, 0.5) is 0 Å². The molecular weight excluding hydrogens is 314 g/mol. The molecule has 1 aliphatic rings. The van der Waals surface area contributed by atoms with Crippen molar-refractivity contribution in [2.75, 3.05) is 19.0 Å². The van der Waals surface area contributed by atoms with Crippen LogP contribution < -0.4 is 0 Å². The van der Waals surface area contributed by atoms with Gasteiger partial charge in [-0.25, -0.2) is 0 Å². The molecule has 1 heterocycles. The first-order valence-corrected chi connectivity index (χ1v) is 7.56. The van der Waals surface area contributed by atoms with Crippen LogP contribution in [-0.4, -0.2) is 29.8 Å². The van der Waals surface area contributed by atoms with Crippen LogP contribution in [0.15, 0.2) is 22.7 Å². The third-order valence-corrected chi connectivity index (χ3v) is 4.38. The molecule has 0 bridgehead atoms. The molecule has 0 aliphatic carbocycles. The van der Waals surface area contributed by atoms with Crippen molar-refractivity contribution in [2.45, 2.75) is 19.8 Å². The van der Waals surface area contributed by atoms with E-state index in [9.17, 15) is 4.79 Å². The minimum Gasteiger partial charge on any atom is -0.338 e. The Kier molecular flexibility index (Phi) is 4.68. The molecule has 0 spiro atoms. The zero-order valence-electron chi connectivity index (χ0n) is 10.5. The number of rotatable bonds is 2. The Morgan fingerprint density at radius 3 is 3.06 bits per heavy atom. The van der Waals surface area contributed by atoms with Crippen molar-refractivity contribution in [1.29, 1.82) is 0 Å². The van der Waals surface area contributed by atoms with Crippen molar-refractivity contribution < 1.29 is 4.79 Å². The van der Waals surface area contributed by atoms with Gasteiger partial charge < -0.3 is 4.90 Å². The van der Waals surface area contributed by atoms with Gasteiger partial charge in [-0.05, 0) is 43.4 Å². The van der Waals surface area contributed by atoms with Crippen molar-refractivity contribution in [1.82, 2.24) is 4.90 Å². The molecule has 1 aliphatic heterocycles. The number of likely N-dealkylation sites (tertiary alicyclic amines) is 1. The number of hydrogen-bond acceptors (Lipinski definition) is 1. The van der Waals surface area contributed by atoms with Crippen LogP contribution >= 0.6 is 27.5 Å². The number of alkyl halides is 1. The molecule has 1 fully saturated rings. The van der Waals surface area contributed by atoms with Crippen LogP contribution in [0.25, 0.3) is 0 Å². The van der Waals surface area contributed by atoms with Gasteiger partial charge >= 0.3 is 0 Å². The lowest BCUT2D eigenvalue weighted by atomic mass is 9.98. The SMILES string of the molecule is Cc1ccc(Br)cc1C(=O)N1CCCC(CCl)C1. The summed E-state index contributed by atoms with van der Waals surface area (Å²) in [6, 6.07) is 5.84. The fraction of sp³-hybridized carbons (Fsp3) is 0.500. The summed E-state index contributed by atoms with van der Waals surface area (Å²) in [6.07, 6.45) is 2.18. The van der Waals surface area contributed by atoms with Gasteiger partial charge in [-0.3, -0.25) is 4.79 Å². The van der Waals surface area contributed by atoms with E-state index in [2.05, 4.69) is 15.9 Å². The Balaban J connectivity index is 2.17. The molecule has 18 heavy (non-hydrogen) atoms. The highest BCUT2D eigenvalue weighted by Gasteiger charge is 2.24.